The van der Waals surface area contributed by atoms with Crippen molar-refractivity contribution in [3.63, 3.8) is 0 Å². The van der Waals surface area contributed by atoms with Gasteiger partial charge in [0.15, 0.2) is 0 Å². The maximum Gasteiger partial charge on any atom is 0.0982 e. The SMILES string of the molecule is CCOCCN(C)C(=N)C(C)C. The Balaban J connectivity index is 3.57. The van der Waals surface area contributed by atoms with Crippen LogP contribution in [0.2, 0.25) is 0 Å². The van der Waals surface area contributed by atoms with E-state index in [-0.39, 0.29) is 0 Å². The first kappa shape index (κ1) is 11.4. The summed E-state index contributed by atoms with van der Waals surface area (Å²) in [5.41, 5.74) is 0. The highest BCUT2D eigenvalue weighted by atomic mass is 16.5. The first-order valence-corrected chi connectivity index (χ1v) is 4.46. The number of nitrogens with zero attached hydrogens (tertiary/aromatic N) is 1. The summed E-state index contributed by atoms with van der Waals surface area (Å²) >= 11 is 0. The van der Waals surface area contributed by atoms with E-state index in [0.29, 0.717) is 18.4 Å². The van der Waals surface area contributed by atoms with Crippen LogP contribution < -0.4 is 0 Å². The van der Waals surface area contributed by atoms with E-state index in [4.69, 9.17) is 10.1 Å². The molecule has 0 aliphatic heterocycles. The lowest BCUT2D eigenvalue weighted by molar-refractivity contribution is 0.136. The van der Waals surface area contributed by atoms with Gasteiger partial charge in [-0.25, -0.2) is 0 Å². The van der Waals surface area contributed by atoms with Gasteiger partial charge in [-0.2, -0.15) is 0 Å². The molecule has 3 nitrogen and oxygen atoms in total. The van der Waals surface area contributed by atoms with Gasteiger partial charge in [0.2, 0.25) is 0 Å². The number of rotatable bonds is 5. The number of ether oxygens (including phenoxy) is 1. The van der Waals surface area contributed by atoms with E-state index < -0.39 is 0 Å². The fraction of sp³-hybridized carbons (Fsp3) is 0.889. The van der Waals surface area contributed by atoms with Crippen molar-refractivity contribution in [1.29, 1.82) is 5.41 Å². The van der Waals surface area contributed by atoms with Crippen molar-refractivity contribution < 1.29 is 4.74 Å². The fourth-order valence-electron chi connectivity index (χ4n) is 0.907. The van der Waals surface area contributed by atoms with E-state index in [1.807, 2.05) is 32.7 Å². The summed E-state index contributed by atoms with van der Waals surface area (Å²) in [5.74, 6) is 0.978. The zero-order valence-corrected chi connectivity index (χ0v) is 8.55. The van der Waals surface area contributed by atoms with E-state index in [1.165, 1.54) is 0 Å². The van der Waals surface area contributed by atoms with Gasteiger partial charge in [-0.3, -0.25) is 5.41 Å². The standard InChI is InChI=1S/C9H20N2O/c1-5-12-7-6-11(4)9(10)8(2)3/h8,10H,5-7H2,1-4H3. The lowest BCUT2D eigenvalue weighted by Gasteiger charge is -2.22. The molecule has 0 heterocycles. The second-order valence-electron chi connectivity index (χ2n) is 3.16. The Labute approximate surface area is 75.2 Å². The molecule has 0 unspecified atom stereocenters. The number of hydrogen-bond donors (Lipinski definition) is 1. The molecule has 0 amide bonds. The first-order valence-electron chi connectivity index (χ1n) is 4.46. The highest BCUT2D eigenvalue weighted by molar-refractivity contribution is 5.80. The van der Waals surface area contributed by atoms with Crippen LogP contribution >= 0.6 is 0 Å². The summed E-state index contributed by atoms with van der Waals surface area (Å²) < 4.78 is 5.20. The normalized spacial score (nSPS) is 10.4. The van der Waals surface area contributed by atoms with Gasteiger partial charge >= 0.3 is 0 Å². The lowest BCUT2D eigenvalue weighted by atomic mass is 10.2. The smallest absolute Gasteiger partial charge is 0.0982 e. The zero-order valence-electron chi connectivity index (χ0n) is 8.55. The van der Waals surface area contributed by atoms with E-state index in [1.54, 1.807) is 0 Å². The summed E-state index contributed by atoms with van der Waals surface area (Å²) in [5, 5.41) is 7.66. The van der Waals surface area contributed by atoms with Crippen LogP contribution in [0.5, 0.6) is 0 Å². The monoisotopic (exact) mass is 172 g/mol. The third kappa shape index (κ3) is 4.34. The molecule has 0 rings (SSSR count). The molecule has 0 aliphatic rings. The fourth-order valence-corrected chi connectivity index (χ4v) is 0.907. The van der Waals surface area contributed by atoms with Crippen molar-refractivity contribution in [3.8, 4) is 0 Å². The Morgan fingerprint density at radius 2 is 2.08 bits per heavy atom. The van der Waals surface area contributed by atoms with Crippen molar-refractivity contribution in [2.24, 2.45) is 5.92 Å². The summed E-state index contributed by atoms with van der Waals surface area (Å²) in [6.45, 7) is 8.31. The Bertz CT molecular complexity index is 134. The average Bonchev–Trinajstić information content (AvgIpc) is 2.03. The van der Waals surface area contributed by atoms with Gasteiger partial charge in [0, 0.05) is 26.1 Å². The number of nitrogens with one attached hydrogen (secondary N) is 1. The molecule has 0 bridgehead atoms. The van der Waals surface area contributed by atoms with Crippen LogP contribution in [0, 0.1) is 11.3 Å². The van der Waals surface area contributed by atoms with Crippen molar-refractivity contribution in [1.82, 2.24) is 4.90 Å². The molecule has 0 aromatic rings. The minimum Gasteiger partial charge on any atom is -0.380 e. The molecule has 0 aromatic heterocycles. The highest BCUT2D eigenvalue weighted by Crippen LogP contribution is 1.98. The number of likely N-dealkylation sites (N-methyl/N-ethyl adjacent to an activating group) is 1. The van der Waals surface area contributed by atoms with Gasteiger partial charge in [0.1, 0.15) is 0 Å². The maximum absolute atomic E-state index is 7.66. The summed E-state index contributed by atoms with van der Waals surface area (Å²) in [4.78, 5) is 1.93. The number of hydrogen-bond acceptors (Lipinski definition) is 2. The van der Waals surface area contributed by atoms with Crippen LogP contribution in [-0.2, 0) is 4.74 Å². The second kappa shape index (κ2) is 6.00. The maximum atomic E-state index is 7.66. The minimum absolute atomic E-state index is 0.302. The van der Waals surface area contributed by atoms with Crippen molar-refractivity contribution >= 4 is 5.84 Å². The van der Waals surface area contributed by atoms with Crippen molar-refractivity contribution in [2.45, 2.75) is 20.8 Å². The lowest BCUT2D eigenvalue weighted by Crippen LogP contribution is -2.32. The van der Waals surface area contributed by atoms with Gasteiger partial charge in [-0.15, -0.1) is 0 Å². The largest absolute Gasteiger partial charge is 0.380 e. The van der Waals surface area contributed by atoms with Gasteiger partial charge < -0.3 is 9.64 Å². The molecular formula is C9H20N2O. The molecule has 0 radical (unpaired) electrons. The van der Waals surface area contributed by atoms with Crippen LogP contribution in [0.1, 0.15) is 20.8 Å². The van der Waals surface area contributed by atoms with E-state index in [2.05, 4.69) is 0 Å². The summed E-state index contributed by atoms with van der Waals surface area (Å²) in [7, 11) is 1.93. The Kier molecular flexibility index (Phi) is 5.72. The highest BCUT2D eigenvalue weighted by Gasteiger charge is 2.07. The summed E-state index contributed by atoms with van der Waals surface area (Å²) in [6.07, 6.45) is 0. The number of amidine groups is 1. The predicted octanol–water partition coefficient (Wildman–Crippen LogP) is 1.59. The second-order valence-corrected chi connectivity index (χ2v) is 3.16. The quantitative estimate of drug-likeness (QED) is 0.388. The van der Waals surface area contributed by atoms with Crippen LogP contribution in [0.25, 0.3) is 0 Å². The van der Waals surface area contributed by atoms with Gasteiger partial charge in [0.05, 0.1) is 12.4 Å². The van der Waals surface area contributed by atoms with Gasteiger partial charge in [0.25, 0.3) is 0 Å². The molecular weight excluding hydrogens is 152 g/mol. The van der Waals surface area contributed by atoms with Crippen LogP contribution in [0.3, 0.4) is 0 Å². The molecule has 72 valence electrons. The topological polar surface area (TPSA) is 36.3 Å². The van der Waals surface area contributed by atoms with Crippen LogP contribution in [0.4, 0.5) is 0 Å². The molecule has 0 fully saturated rings. The van der Waals surface area contributed by atoms with Crippen molar-refractivity contribution in [3.05, 3.63) is 0 Å². The minimum atomic E-state index is 0.302. The first-order chi connectivity index (χ1) is 5.59. The molecule has 0 aromatic carbocycles. The van der Waals surface area contributed by atoms with Gasteiger partial charge in [-0.05, 0) is 6.92 Å². The van der Waals surface area contributed by atoms with Crippen LogP contribution in [0.15, 0.2) is 0 Å². The van der Waals surface area contributed by atoms with E-state index in [9.17, 15) is 0 Å². The average molecular weight is 172 g/mol. The third-order valence-corrected chi connectivity index (χ3v) is 1.73. The predicted molar refractivity (Wildman–Crippen MR) is 51.7 cm³/mol. The zero-order chi connectivity index (χ0) is 9.56. The third-order valence-electron chi connectivity index (χ3n) is 1.73. The Morgan fingerprint density at radius 1 is 1.50 bits per heavy atom. The van der Waals surface area contributed by atoms with Gasteiger partial charge in [-0.1, -0.05) is 13.8 Å². The Morgan fingerprint density at radius 3 is 2.50 bits per heavy atom. The molecule has 1 N–H and O–H groups in total. The molecule has 0 saturated carbocycles. The Hall–Kier alpha value is -0.570. The summed E-state index contributed by atoms with van der Waals surface area (Å²) in [6, 6.07) is 0. The molecule has 0 atom stereocenters. The molecule has 0 saturated heterocycles. The molecule has 0 aliphatic carbocycles. The molecule has 12 heavy (non-hydrogen) atoms. The molecule has 3 heteroatoms. The van der Waals surface area contributed by atoms with E-state index >= 15 is 0 Å². The molecule has 0 spiro atoms. The van der Waals surface area contributed by atoms with Crippen molar-refractivity contribution in [2.75, 3.05) is 26.8 Å². The van der Waals surface area contributed by atoms with Crippen LogP contribution in [-0.4, -0.2) is 37.5 Å². The van der Waals surface area contributed by atoms with E-state index in [0.717, 1.165) is 13.2 Å².